The number of carboxylic acid groups (broad SMARTS) is 2. The summed E-state index contributed by atoms with van der Waals surface area (Å²) in [5.74, 6) is -2.94. The number of nitro benzene ring substituents is 1. The third-order valence-electron chi connectivity index (χ3n) is 5.54. The molecule has 0 spiro atoms. The molecule has 1 aromatic heterocycles. The number of nitro groups is 1. The van der Waals surface area contributed by atoms with E-state index in [0.717, 1.165) is 16.3 Å². The van der Waals surface area contributed by atoms with Crippen LogP contribution in [0.25, 0.3) is 10.8 Å². The molecule has 3 aromatic rings. The second-order valence-electron chi connectivity index (χ2n) is 8.47. The number of rotatable bonds is 11. The van der Waals surface area contributed by atoms with Crippen molar-refractivity contribution < 1.29 is 24.7 Å². The van der Waals surface area contributed by atoms with E-state index < -0.39 is 28.8 Å². The van der Waals surface area contributed by atoms with Gasteiger partial charge in [-0.05, 0) is 23.3 Å². The van der Waals surface area contributed by atoms with Crippen LogP contribution in [0.1, 0.15) is 37.4 Å². The number of aromatic nitrogens is 1. The number of carboxylic acids is 2. The highest BCUT2D eigenvalue weighted by molar-refractivity contribution is 5.90. The second-order valence-corrected chi connectivity index (χ2v) is 8.47. The quantitative estimate of drug-likeness (QED) is 0.296. The maximum absolute atomic E-state index is 12.3. The van der Waals surface area contributed by atoms with Crippen molar-refractivity contribution in [3.8, 4) is 0 Å². The number of nitrogens with one attached hydrogen (secondary N) is 1. The predicted octanol–water partition coefficient (Wildman–Crippen LogP) is 3.85. The average molecular weight is 453 g/mol. The van der Waals surface area contributed by atoms with E-state index in [1.807, 2.05) is 48.9 Å². The molecule has 0 fully saturated rings. The Kier molecular flexibility index (Phi) is 7.44. The molecule has 0 aliphatic heterocycles. The summed E-state index contributed by atoms with van der Waals surface area (Å²) in [5.41, 5.74) is 1.31. The number of fused-ring (bicyclic) bond motifs is 1. The van der Waals surface area contributed by atoms with Gasteiger partial charge in [-0.1, -0.05) is 50.2 Å². The lowest BCUT2D eigenvalue weighted by molar-refractivity contribution is -0.384. The molecule has 3 N–H and O–H groups in total. The maximum Gasteiger partial charge on any atom is 0.320 e. The highest BCUT2D eigenvalue weighted by atomic mass is 16.6. The van der Waals surface area contributed by atoms with E-state index in [4.69, 9.17) is 0 Å². The summed E-state index contributed by atoms with van der Waals surface area (Å²) < 4.78 is 1.82. The van der Waals surface area contributed by atoms with Gasteiger partial charge in [0.15, 0.2) is 0 Å². The molecule has 174 valence electrons. The Labute approximate surface area is 190 Å². The van der Waals surface area contributed by atoms with Crippen molar-refractivity contribution in [1.29, 1.82) is 0 Å². The monoisotopic (exact) mass is 453 g/mol. The van der Waals surface area contributed by atoms with Crippen molar-refractivity contribution in [2.45, 2.75) is 38.8 Å². The molecule has 1 heterocycles. The van der Waals surface area contributed by atoms with Crippen molar-refractivity contribution in [1.82, 2.24) is 9.88 Å². The smallest absolute Gasteiger partial charge is 0.320 e. The summed E-state index contributed by atoms with van der Waals surface area (Å²) in [7, 11) is 0. The van der Waals surface area contributed by atoms with Gasteiger partial charge < -0.3 is 20.1 Å². The Morgan fingerprint density at radius 2 is 1.73 bits per heavy atom. The number of non-ortho nitro benzene ring substituents is 1. The number of hydrogen-bond donors (Lipinski definition) is 3. The lowest BCUT2D eigenvalue weighted by Gasteiger charge is -2.21. The lowest BCUT2D eigenvalue weighted by atomic mass is 9.99. The van der Waals surface area contributed by atoms with E-state index in [-0.39, 0.29) is 18.2 Å². The summed E-state index contributed by atoms with van der Waals surface area (Å²) >= 11 is 0. The molecule has 0 saturated heterocycles. The highest BCUT2D eigenvalue weighted by Gasteiger charge is 2.28. The van der Waals surface area contributed by atoms with Gasteiger partial charge in [-0.2, -0.15) is 0 Å². The largest absolute Gasteiger partial charge is 0.481 e. The van der Waals surface area contributed by atoms with Crippen molar-refractivity contribution >= 4 is 28.4 Å². The molecule has 0 amide bonds. The SMILES string of the molecule is CC(C)CC(NCC(C(=O)O)c1c2ccccc2cn1Cc1ccc([N+](=O)[O-])cc1)C(=O)O. The van der Waals surface area contributed by atoms with E-state index in [2.05, 4.69) is 5.32 Å². The van der Waals surface area contributed by atoms with Crippen molar-refractivity contribution in [3.63, 3.8) is 0 Å². The molecule has 0 bridgehead atoms. The van der Waals surface area contributed by atoms with E-state index >= 15 is 0 Å². The van der Waals surface area contributed by atoms with Crippen LogP contribution in [-0.4, -0.2) is 44.2 Å². The summed E-state index contributed by atoms with van der Waals surface area (Å²) in [5, 5.41) is 35.1. The number of carbonyl (C=O) groups is 2. The molecule has 3 rings (SSSR count). The zero-order valence-electron chi connectivity index (χ0n) is 18.5. The van der Waals surface area contributed by atoms with Crippen LogP contribution >= 0.6 is 0 Å². The first-order valence-electron chi connectivity index (χ1n) is 10.7. The summed E-state index contributed by atoms with van der Waals surface area (Å²) in [6.45, 7) is 4.09. The summed E-state index contributed by atoms with van der Waals surface area (Å²) in [4.78, 5) is 34.4. The van der Waals surface area contributed by atoms with Gasteiger partial charge >= 0.3 is 11.9 Å². The van der Waals surface area contributed by atoms with Gasteiger partial charge in [0.2, 0.25) is 0 Å². The van der Waals surface area contributed by atoms with Gasteiger partial charge in [-0.25, -0.2) is 0 Å². The van der Waals surface area contributed by atoms with Crippen LogP contribution in [0.4, 0.5) is 5.69 Å². The molecular weight excluding hydrogens is 426 g/mol. The van der Waals surface area contributed by atoms with E-state index in [0.29, 0.717) is 18.7 Å². The first-order chi connectivity index (χ1) is 15.7. The van der Waals surface area contributed by atoms with E-state index in [1.165, 1.54) is 12.1 Å². The fourth-order valence-electron chi connectivity index (χ4n) is 3.98. The third kappa shape index (κ3) is 5.75. The Hall–Kier alpha value is -3.72. The molecular formula is C24H27N3O6. The van der Waals surface area contributed by atoms with E-state index in [1.54, 1.807) is 12.1 Å². The van der Waals surface area contributed by atoms with Crippen LogP contribution in [0.15, 0.2) is 54.7 Å². The minimum Gasteiger partial charge on any atom is -0.481 e. The number of nitrogens with zero attached hydrogens (tertiary/aromatic N) is 2. The number of benzene rings is 2. The molecule has 0 aliphatic rings. The van der Waals surface area contributed by atoms with Gasteiger partial charge in [0.05, 0.1) is 4.92 Å². The van der Waals surface area contributed by atoms with Crippen LogP contribution in [0.3, 0.4) is 0 Å². The summed E-state index contributed by atoms with van der Waals surface area (Å²) in [6, 6.07) is 12.7. The predicted molar refractivity (Wildman–Crippen MR) is 123 cm³/mol. The minimum atomic E-state index is -1.06. The molecule has 0 saturated carbocycles. The number of hydrogen-bond acceptors (Lipinski definition) is 5. The number of aliphatic carboxylic acids is 2. The first-order valence-corrected chi connectivity index (χ1v) is 10.7. The first kappa shape index (κ1) is 23.9. The molecule has 9 nitrogen and oxygen atoms in total. The van der Waals surface area contributed by atoms with Gasteiger partial charge in [0.1, 0.15) is 12.0 Å². The minimum absolute atomic E-state index is 0.0193. The topological polar surface area (TPSA) is 135 Å². The Morgan fingerprint density at radius 3 is 2.30 bits per heavy atom. The van der Waals surface area contributed by atoms with Gasteiger partial charge in [-0.15, -0.1) is 0 Å². The zero-order valence-corrected chi connectivity index (χ0v) is 18.5. The molecule has 2 unspecified atom stereocenters. The molecule has 9 heteroatoms. The average Bonchev–Trinajstić information content (AvgIpc) is 3.10. The molecule has 0 radical (unpaired) electrons. The van der Waals surface area contributed by atoms with Crippen LogP contribution < -0.4 is 5.32 Å². The van der Waals surface area contributed by atoms with Crippen molar-refractivity contribution in [2.24, 2.45) is 5.92 Å². The van der Waals surface area contributed by atoms with Gasteiger partial charge in [-0.3, -0.25) is 19.7 Å². The van der Waals surface area contributed by atoms with E-state index in [9.17, 15) is 29.9 Å². The Bertz CT molecular complexity index is 1150. The maximum atomic E-state index is 12.3. The van der Waals surface area contributed by atoms with Crippen LogP contribution in [-0.2, 0) is 16.1 Å². The van der Waals surface area contributed by atoms with Gasteiger partial charge in [0.25, 0.3) is 5.69 Å². The van der Waals surface area contributed by atoms with Crippen LogP contribution in [0.5, 0.6) is 0 Å². The molecule has 2 atom stereocenters. The van der Waals surface area contributed by atoms with Crippen LogP contribution in [0, 0.1) is 16.0 Å². The Balaban J connectivity index is 1.96. The fourth-order valence-corrected chi connectivity index (χ4v) is 3.98. The highest BCUT2D eigenvalue weighted by Crippen LogP contribution is 2.29. The normalized spacial score (nSPS) is 13.2. The van der Waals surface area contributed by atoms with Crippen molar-refractivity contribution in [3.05, 3.63) is 76.1 Å². The fraction of sp³-hybridized carbons (Fsp3) is 0.333. The molecule has 0 aliphatic carbocycles. The second kappa shape index (κ2) is 10.3. The van der Waals surface area contributed by atoms with Gasteiger partial charge in [0, 0.05) is 42.5 Å². The van der Waals surface area contributed by atoms with Crippen molar-refractivity contribution in [2.75, 3.05) is 6.54 Å². The molecule has 2 aromatic carbocycles. The molecule has 33 heavy (non-hydrogen) atoms. The summed E-state index contributed by atoms with van der Waals surface area (Å²) in [6.07, 6.45) is 2.23. The lowest BCUT2D eigenvalue weighted by Crippen LogP contribution is -2.41. The standard InChI is InChI=1S/C24H27N3O6/c1-15(2)11-21(24(30)31)25-12-20(23(28)29)22-19-6-4-3-5-17(19)14-26(22)13-16-7-9-18(10-8-16)27(32)33/h3-10,14-15,20-21,25H,11-13H2,1-2H3,(H,28,29)(H,30,31). The van der Waals surface area contributed by atoms with Crippen LogP contribution in [0.2, 0.25) is 0 Å². The zero-order chi connectivity index (χ0) is 24.1. The Morgan fingerprint density at radius 1 is 1.06 bits per heavy atom. The third-order valence-corrected chi connectivity index (χ3v) is 5.54.